The normalized spacial score (nSPS) is 27.4. The summed E-state index contributed by atoms with van der Waals surface area (Å²) in [5.74, 6) is 0.379. The Kier molecular flexibility index (Phi) is 5.52. The van der Waals surface area contributed by atoms with Gasteiger partial charge in [0.1, 0.15) is 17.1 Å². The molecule has 3 aliphatic rings. The van der Waals surface area contributed by atoms with Gasteiger partial charge in [-0.05, 0) is 44.9 Å². The van der Waals surface area contributed by atoms with Gasteiger partial charge in [-0.25, -0.2) is 4.79 Å². The number of likely N-dealkylation sites (tertiary alicyclic amines) is 1. The van der Waals surface area contributed by atoms with E-state index in [-0.39, 0.29) is 35.6 Å². The molecule has 2 aromatic carbocycles. The number of ether oxygens (including phenoxy) is 3. The lowest BCUT2D eigenvalue weighted by atomic mass is 9.70. The summed E-state index contributed by atoms with van der Waals surface area (Å²) in [7, 11) is 0. The summed E-state index contributed by atoms with van der Waals surface area (Å²) in [4.78, 5) is 26.1. The van der Waals surface area contributed by atoms with E-state index in [4.69, 9.17) is 19.3 Å². The molecule has 4 atom stereocenters. The molecule has 0 aromatic heterocycles. The maximum absolute atomic E-state index is 13.3. The van der Waals surface area contributed by atoms with Crippen molar-refractivity contribution in [3.8, 4) is 11.5 Å². The molecule has 174 valence electrons. The number of para-hydroxylation sites is 2. The van der Waals surface area contributed by atoms with Crippen molar-refractivity contribution >= 4 is 11.9 Å². The van der Waals surface area contributed by atoms with E-state index in [9.17, 15) is 9.59 Å². The molecule has 1 N–H and O–H groups in total. The maximum Gasteiger partial charge on any atom is 0.341 e. The van der Waals surface area contributed by atoms with Crippen LogP contribution in [0.1, 0.15) is 48.7 Å². The summed E-state index contributed by atoms with van der Waals surface area (Å²) in [6.07, 6.45) is 1.77. The van der Waals surface area contributed by atoms with Crippen molar-refractivity contribution in [1.82, 2.24) is 4.90 Å². The highest BCUT2D eigenvalue weighted by atomic mass is 16.5. The zero-order chi connectivity index (χ0) is 23.2. The predicted octanol–water partition coefficient (Wildman–Crippen LogP) is 3.93. The van der Waals surface area contributed by atoms with E-state index in [1.54, 1.807) is 24.3 Å². The minimum absolute atomic E-state index is 0.00130. The Hall–Kier alpha value is -3.06. The zero-order valence-electron chi connectivity index (χ0n) is 18.9. The molecule has 33 heavy (non-hydrogen) atoms. The van der Waals surface area contributed by atoms with E-state index in [0.29, 0.717) is 24.4 Å². The molecular formula is C26H29NO6. The number of piperidine rings is 1. The van der Waals surface area contributed by atoms with Gasteiger partial charge in [-0.2, -0.15) is 0 Å². The quantitative estimate of drug-likeness (QED) is 0.758. The fourth-order valence-corrected chi connectivity index (χ4v) is 5.52. The number of carboxylic acid groups (broad SMARTS) is 1. The standard InChI is InChI=1S/C26H29NO6/c1-26(2)19-13-16-14-27(25(30)18-8-4-5-9-21(18)31-15-23(28)29)12-11-20(16)32-24(19)17-7-3-6-10-22(17)33-26/h3-10,16,19-20,24H,11-15H2,1-2H3,(H,28,29)/t16-,19+,20+,24-/m1/s1. The molecule has 1 amide bonds. The van der Waals surface area contributed by atoms with E-state index in [1.165, 1.54) is 0 Å². The van der Waals surface area contributed by atoms with Gasteiger partial charge in [0.15, 0.2) is 6.61 Å². The number of carbonyl (C=O) groups excluding carboxylic acids is 1. The van der Waals surface area contributed by atoms with Crippen LogP contribution in [-0.4, -0.2) is 53.3 Å². The monoisotopic (exact) mass is 451 g/mol. The SMILES string of the molecule is CC1(C)Oc2ccccc2[C@H]2O[C@H]3CCN(C(=O)c4ccccc4OCC(=O)O)C[C@H]3C[C@@H]21. The third-order valence-corrected chi connectivity index (χ3v) is 7.16. The van der Waals surface area contributed by atoms with E-state index in [0.717, 1.165) is 24.2 Å². The summed E-state index contributed by atoms with van der Waals surface area (Å²) in [6, 6.07) is 14.9. The Balaban J connectivity index is 1.34. The number of nitrogens with zero attached hydrogens (tertiary/aromatic N) is 1. The van der Waals surface area contributed by atoms with Crippen LogP contribution < -0.4 is 9.47 Å². The van der Waals surface area contributed by atoms with E-state index >= 15 is 0 Å². The van der Waals surface area contributed by atoms with Crippen LogP contribution in [0.25, 0.3) is 0 Å². The van der Waals surface area contributed by atoms with Gasteiger partial charge >= 0.3 is 5.97 Å². The Morgan fingerprint density at radius 3 is 2.73 bits per heavy atom. The minimum Gasteiger partial charge on any atom is -0.487 e. The smallest absolute Gasteiger partial charge is 0.341 e. The summed E-state index contributed by atoms with van der Waals surface area (Å²) in [6.45, 7) is 4.94. The van der Waals surface area contributed by atoms with Gasteiger partial charge in [0.2, 0.25) is 0 Å². The molecule has 0 saturated carbocycles. The Bertz CT molecular complexity index is 1070. The molecule has 0 radical (unpaired) electrons. The van der Waals surface area contributed by atoms with Gasteiger partial charge in [0.05, 0.1) is 17.8 Å². The van der Waals surface area contributed by atoms with Crippen LogP contribution in [0.3, 0.4) is 0 Å². The van der Waals surface area contributed by atoms with Crippen LogP contribution in [-0.2, 0) is 9.53 Å². The predicted molar refractivity (Wildman–Crippen MR) is 120 cm³/mol. The van der Waals surface area contributed by atoms with E-state index in [1.807, 2.05) is 23.1 Å². The lowest BCUT2D eigenvalue weighted by molar-refractivity contribution is -0.184. The molecular weight excluding hydrogens is 422 g/mol. The first kappa shape index (κ1) is 21.8. The highest BCUT2D eigenvalue weighted by Gasteiger charge is 2.51. The Morgan fingerprint density at radius 1 is 1.15 bits per heavy atom. The number of hydrogen-bond acceptors (Lipinski definition) is 5. The minimum atomic E-state index is -1.08. The van der Waals surface area contributed by atoms with Gasteiger partial charge in [0, 0.05) is 30.5 Å². The third kappa shape index (κ3) is 4.06. The lowest BCUT2D eigenvalue weighted by Crippen LogP contribution is -2.56. The molecule has 0 unspecified atom stereocenters. The summed E-state index contributed by atoms with van der Waals surface area (Å²) in [5.41, 5.74) is 1.14. The van der Waals surface area contributed by atoms with Gasteiger partial charge in [-0.1, -0.05) is 30.3 Å². The largest absolute Gasteiger partial charge is 0.487 e. The number of rotatable bonds is 4. The van der Waals surface area contributed by atoms with Crippen molar-refractivity contribution in [1.29, 1.82) is 0 Å². The van der Waals surface area contributed by atoms with Crippen molar-refractivity contribution < 1.29 is 28.9 Å². The molecule has 0 aliphatic carbocycles. The number of carboxylic acids is 1. The van der Waals surface area contributed by atoms with Gasteiger partial charge < -0.3 is 24.2 Å². The lowest BCUT2D eigenvalue weighted by Gasteiger charge is -2.53. The Labute approximate surface area is 193 Å². The molecule has 5 rings (SSSR count). The van der Waals surface area contributed by atoms with Crippen molar-refractivity contribution in [2.24, 2.45) is 11.8 Å². The number of benzene rings is 2. The van der Waals surface area contributed by atoms with Gasteiger partial charge in [-0.3, -0.25) is 4.79 Å². The number of aliphatic carboxylic acids is 1. The Morgan fingerprint density at radius 2 is 1.91 bits per heavy atom. The topological polar surface area (TPSA) is 85.3 Å². The van der Waals surface area contributed by atoms with Crippen molar-refractivity contribution in [3.63, 3.8) is 0 Å². The molecule has 2 fully saturated rings. The maximum atomic E-state index is 13.3. The first-order valence-electron chi connectivity index (χ1n) is 11.5. The van der Waals surface area contributed by atoms with Crippen LogP contribution in [0.5, 0.6) is 11.5 Å². The fraction of sp³-hybridized carbons (Fsp3) is 0.462. The molecule has 0 spiro atoms. The molecule has 3 aliphatic heterocycles. The number of hydrogen-bond donors (Lipinski definition) is 1. The number of carbonyl (C=O) groups is 2. The first-order valence-corrected chi connectivity index (χ1v) is 11.5. The molecule has 7 nitrogen and oxygen atoms in total. The van der Waals surface area contributed by atoms with E-state index in [2.05, 4.69) is 19.9 Å². The molecule has 7 heteroatoms. The molecule has 0 bridgehead atoms. The molecule has 2 saturated heterocycles. The van der Waals surface area contributed by atoms with Crippen molar-refractivity contribution in [2.45, 2.75) is 44.5 Å². The van der Waals surface area contributed by atoms with Crippen LogP contribution >= 0.6 is 0 Å². The molecule has 2 aromatic rings. The summed E-state index contributed by atoms with van der Waals surface area (Å²) < 4.78 is 18.4. The summed E-state index contributed by atoms with van der Waals surface area (Å²) in [5, 5.41) is 8.94. The van der Waals surface area contributed by atoms with Gasteiger partial charge in [0.25, 0.3) is 5.91 Å². The average Bonchev–Trinajstić information content (AvgIpc) is 2.81. The van der Waals surface area contributed by atoms with Gasteiger partial charge in [-0.15, -0.1) is 0 Å². The van der Waals surface area contributed by atoms with Crippen LogP contribution in [0.2, 0.25) is 0 Å². The highest BCUT2D eigenvalue weighted by Crippen LogP contribution is 2.52. The summed E-state index contributed by atoms with van der Waals surface area (Å²) >= 11 is 0. The van der Waals surface area contributed by atoms with E-state index < -0.39 is 12.6 Å². The van der Waals surface area contributed by atoms with Crippen molar-refractivity contribution in [2.75, 3.05) is 19.7 Å². The second-order valence-corrected chi connectivity index (χ2v) is 9.66. The first-order chi connectivity index (χ1) is 15.8. The second kappa shape index (κ2) is 8.37. The highest BCUT2D eigenvalue weighted by molar-refractivity contribution is 5.97. The zero-order valence-corrected chi connectivity index (χ0v) is 18.9. The van der Waals surface area contributed by atoms with Crippen molar-refractivity contribution in [3.05, 3.63) is 59.7 Å². The third-order valence-electron chi connectivity index (χ3n) is 7.16. The van der Waals surface area contributed by atoms with Crippen LogP contribution in [0.4, 0.5) is 0 Å². The van der Waals surface area contributed by atoms with Crippen LogP contribution in [0.15, 0.2) is 48.5 Å². The number of amides is 1. The second-order valence-electron chi connectivity index (χ2n) is 9.66. The van der Waals surface area contributed by atoms with Crippen LogP contribution in [0, 0.1) is 11.8 Å². The fourth-order valence-electron chi connectivity index (χ4n) is 5.52. The number of fused-ring (bicyclic) bond motifs is 4. The average molecular weight is 452 g/mol. The molecule has 3 heterocycles.